The number of piperidine rings is 1. The third kappa shape index (κ3) is 5.63. The summed E-state index contributed by atoms with van der Waals surface area (Å²) in [7, 11) is 3.16. The van der Waals surface area contributed by atoms with E-state index in [-0.39, 0.29) is 18.2 Å². The first kappa shape index (κ1) is 23.2. The van der Waals surface area contributed by atoms with Crippen LogP contribution in [-0.2, 0) is 16.0 Å². The number of likely N-dealkylation sites (tertiary alicyclic amines) is 1. The highest BCUT2D eigenvalue weighted by molar-refractivity contribution is 6.42. The van der Waals surface area contributed by atoms with Crippen molar-refractivity contribution in [2.45, 2.75) is 38.1 Å². The zero-order valence-electron chi connectivity index (χ0n) is 17.6. The van der Waals surface area contributed by atoms with Crippen LogP contribution in [0.2, 0.25) is 10.0 Å². The van der Waals surface area contributed by atoms with Gasteiger partial charge in [0.2, 0.25) is 11.8 Å². The lowest BCUT2D eigenvalue weighted by Gasteiger charge is -2.35. The second-order valence-electron chi connectivity index (χ2n) is 7.37. The van der Waals surface area contributed by atoms with Gasteiger partial charge in [-0.3, -0.25) is 9.59 Å². The molecule has 1 unspecified atom stereocenters. The molecule has 1 aliphatic heterocycles. The normalized spacial score (nSPS) is 16.0. The number of hydrogen-bond donors (Lipinski definition) is 1. The van der Waals surface area contributed by atoms with Crippen LogP contribution >= 0.6 is 23.2 Å². The first-order valence-corrected chi connectivity index (χ1v) is 11.0. The van der Waals surface area contributed by atoms with Gasteiger partial charge in [0.25, 0.3) is 0 Å². The summed E-state index contributed by atoms with van der Waals surface area (Å²) < 4.78 is 10.8. The van der Waals surface area contributed by atoms with E-state index < -0.39 is 6.04 Å². The maximum Gasteiger partial charge on any atom is 0.247 e. The molecule has 2 amide bonds. The summed E-state index contributed by atoms with van der Waals surface area (Å²) in [6.07, 6.45) is 3.18. The van der Waals surface area contributed by atoms with Crippen molar-refractivity contribution >= 4 is 40.7 Å². The third-order valence-corrected chi connectivity index (χ3v) is 6.14. The van der Waals surface area contributed by atoms with Gasteiger partial charge in [0.15, 0.2) is 11.5 Å². The minimum atomic E-state index is -0.511. The van der Waals surface area contributed by atoms with Crippen molar-refractivity contribution in [1.82, 2.24) is 4.90 Å². The van der Waals surface area contributed by atoms with Gasteiger partial charge in [0, 0.05) is 18.7 Å². The number of rotatable bonds is 7. The van der Waals surface area contributed by atoms with E-state index in [4.69, 9.17) is 32.7 Å². The van der Waals surface area contributed by atoms with Crippen LogP contribution in [0.3, 0.4) is 0 Å². The number of nitrogens with one attached hydrogen (secondary N) is 1. The van der Waals surface area contributed by atoms with Crippen LogP contribution < -0.4 is 14.8 Å². The predicted molar refractivity (Wildman–Crippen MR) is 122 cm³/mol. The molecular weight excluding hydrogens is 439 g/mol. The average Bonchev–Trinajstić information content (AvgIpc) is 2.79. The van der Waals surface area contributed by atoms with Gasteiger partial charge in [-0.1, -0.05) is 35.3 Å². The molecule has 1 N–H and O–H groups in total. The summed E-state index contributed by atoms with van der Waals surface area (Å²) >= 11 is 12.0. The Morgan fingerprint density at radius 3 is 2.61 bits per heavy atom. The van der Waals surface area contributed by atoms with E-state index in [2.05, 4.69) is 5.32 Å². The molecule has 1 aliphatic rings. The van der Waals surface area contributed by atoms with E-state index in [9.17, 15) is 9.59 Å². The van der Waals surface area contributed by atoms with Crippen molar-refractivity contribution in [3.05, 3.63) is 52.0 Å². The van der Waals surface area contributed by atoms with Crippen LogP contribution in [0.4, 0.5) is 5.69 Å². The topological polar surface area (TPSA) is 67.9 Å². The SMILES string of the molecule is COc1cccc(CCC(=O)N2CCCCC2C(=O)Nc2ccc(Cl)c(Cl)c2)c1OC. The van der Waals surface area contributed by atoms with Crippen LogP contribution in [0.25, 0.3) is 0 Å². The number of benzene rings is 2. The van der Waals surface area contributed by atoms with E-state index >= 15 is 0 Å². The molecule has 8 heteroatoms. The van der Waals surface area contributed by atoms with Crippen molar-refractivity contribution < 1.29 is 19.1 Å². The molecule has 2 aromatic carbocycles. The van der Waals surface area contributed by atoms with Crippen molar-refractivity contribution in [1.29, 1.82) is 0 Å². The molecule has 1 heterocycles. The molecule has 1 fully saturated rings. The first-order chi connectivity index (χ1) is 14.9. The number of para-hydroxylation sites is 1. The fourth-order valence-electron chi connectivity index (χ4n) is 3.84. The molecular formula is C23H26Cl2N2O4. The number of ether oxygens (including phenoxy) is 2. The number of amides is 2. The molecule has 0 saturated carbocycles. The predicted octanol–water partition coefficient (Wildman–Crippen LogP) is 4.96. The molecule has 2 aromatic rings. The maximum absolute atomic E-state index is 13.0. The van der Waals surface area contributed by atoms with Crippen LogP contribution in [0.5, 0.6) is 11.5 Å². The van der Waals surface area contributed by atoms with E-state index in [1.807, 2.05) is 18.2 Å². The highest BCUT2D eigenvalue weighted by atomic mass is 35.5. The Kier molecular flexibility index (Phi) is 8.04. The standard InChI is InChI=1S/C23H26Cl2N2O4/c1-30-20-8-5-6-15(22(20)31-2)9-12-21(28)27-13-4-3-7-19(27)23(29)26-16-10-11-17(24)18(25)14-16/h5-6,8,10-11,14,19H,3-4,7,9,12-13H2,1-2H3,(H,26,29). The Balaban J connectivity index is 1.67. The summed E-state index contributed by atoms with van der Waals surface area (Å²) in [4.78, 5) is 27.6. The summed E-state index contributed by atoms with van der Waals surface area (Å²) in [6.45, 7) is 0.563. The zero-order chi connectivity index (χ0) is 22.4. The Morgan fingerprint density at radius 1 is 1.10 bits per heavy atom. The van der Waals surface area contributed by atoms with Gasteiger partial charge >= 0.3 is 0 Å². The lowest BCUT2D eigenvalue weighted by atomic mass is 9.99. The second kappa shape index (κ2) is 10.7. The summed E-state index contributed by atoms with van der Waals surface area (Å²) in [5, 5.41) is 3.64. The first-order valence-electron chi connectivity index (χ1n) is 10.2. The van der Waals surface area contributed by atoms with E-state index in [1.54, 1.807) is 37.3 Å². The maximum atomic E-state index is 13.0. The molecule has 31 heavy (non-hydrogen) atoms. The highest BCUT2D eigenvalue weighted by Crippen LogP contribution is 2.32. The Hall–Kier alpha value is -2.44. The monoisotopic (exact) mass is 464 g/mol. The van der Waals surface area contributed by atoms with Crippen molar-refractivity contribution in [3.63, 3.8) is 0 Å². The summed E-state index contributed by atoms with van der Waals surface area (Å²) in [5.41, 5.74) is 1.45. The van der Waals surface area contributed by atoms with Gasteiger partial charge in [0.1, 0.15) is 6.04 Å². The summed E-state index contributed by atoms with van der Waals surface area (Å²) in [5.74, 6) is 0.985. The second-order valence-corrected chi connectivity index (χ2v) is 8.18. The lowest BCUT2D eigenvalue weighted by molar-refractivity contribution is -0.140. The number of anilines is 1. The van der Waals surface area contributed by atoms with Gasteiger partial charge < -0.3 is 19.7 Å². The molecule has 6 nitrogen and oxygen atoms in total. The fourth-order valence-corrected chi connectivity index (χ4v) is 4.14. The quantitative estimate of drug-likeness (QED) is 0.628. The largest absolute Gasteiger partial charge is 0.493 e. The molecule has 0 aliphatic carbocycles. The number of methoxy groups -OCH3 is 2. The Morgan fingerprint density at radius 2 is 1.90 bits per heavy atom. The molecule has 0 bridgehead atoms. The number of carbonyl (C=O) groups is 2. The van der Waals surface area contributed by atoms with Crippen LogP contribution in [0.15, 0.2) is 36.4 Å². The van der Waals surface area contributed by atoms with Crippen LogP contribution in [0.1, 0.15) is 31.2 Å². The molecule has 0 spiro atoms. The highest BCUT2D eigenvalue weighted by Gasteiger charge is 2.32. The van der Waals surface area contributed by atoms with E-state index in [0.29, 0.717) is 46.6 Å². The molecule has 1 saturated heterocycles. The lowest BCUT2D eigenvalue weighted by Crippen LogP contribution is -2.50. The smallest absolute Gasteiger partial charge is 0.247 e. The zero-order valence-corrected chi connectivity index (χ0v) is 19.1. The van der Waals surface area contributed by atoms with E-state index in [1.165, 1.54) is 0 Å². The molecule has 1 atom stereocenters. The Labute approximate surface area is 192 Å². The van der Waals surface area contributed by atoms with Crippen molar-refractivity contribution in [2.75, 3.05) is 26.1 Å². The van der Waals surface area contributed by atoms with Gasteiger partial charge in [-0.15, -0.1) is 0 Å². The number of carbonyl (C=O) groups excluding carboxylic acids is 2. The number of hydrogen-bond acceptors (Lipinski definition) is 4. The van der Waals surface area contributed by atoms with Gasteiger partial charge in [-0.2, -0.15) is 0 Å². The molecule has 0 aromatic heterocycles. The summed E-state index contributed by atoms with van der Waals surface area (Å²) in [6, 6.07) is 10.0. The van der Waals surface area contributed by atoms with Crippen LogP contribution in [0, 0.1) is 0 Å². The minimum Gasteiger partial charge on any atom is -0.493 e. The fraction of sp³-hybridized carbons (Fsp3) is 0.391. The van der Waals surface area contributed by atoms with Crippen LogP contribution in [-0.4, -0.2) is 43.5 Å². The third-order valence-electron chi connectivity index (χ3n) is 5.41. The molecule has 3 rings (SSSR count). The van der Waals surface area contributed by atoms with Crippen molar-refractivity contribution in [2.24, 2.45) is 0 Å². The van der Waals surface area contributed by atoms with E-state index in [0.717, 1.165) is 18.4 Å². The number of halogens is 2. The van der Waals surface area contributed by atoms with Gasteiger partial charge in [-0.25, -0.2) is 0 Å². The van der Waals surface area contributed by atoms with Crippen molar-refractivity contribution in [3.8, 4) is 11.5 Å². The average molecular weight is 465 g/mol. The number of nitrogens with zero attached hydrogens (tertiary/aromatic N) is 1. The minimum absolute atomic E-state index is 0.0566. The van der Waals surface area contributed by atoms with Gasteiger partial charge in [0.05, 0.1) is 24.3 Å². The molecule has 166 valence electrons. The van der Waals surface area contributed by atoms with Gasteiger partial charge in [-0.05, 0) is 55.5 Å². The Bertz CT molecular complexity index is 951. The molecule has 0 radical (unpaired) electrons. The number of aryl methyl sites for hydroxylation is 1.